The van der Waals surface area contributed by atoms with Gasteiger partial charge in [0.05, 0.1) is 16.3 Å². The molecular formula is C12H9ClFN3O4S. The summed E-state index contributed by atoms with van der Waals surface area (Å²) in [5.74, 6) is -2.42. The summed E-state index contributed by atoms with van der Waals surface area (Å²) in [6.07, 6.45) is 0. The lowest BCUT2D eigenvalue weighted by Gasteiger charge is -2.12. The van der Waals surface area contributed by atoms with Crippen LogP contribution in [0.3, 0.4) is 0 Å². The van der Waals surface area contributed by atoms with Crippen molar-refractivity contribution in [2.45, 2.75) is 0 Å². The normalized spacial score (nSPS) is 10.7. The Kier molecular flexibility index (Phi) is 4.03. The Hall–Kier alpha value is -2.26. The number of benzene rings is 1. The van der Waals surface area contributed by atoms with Gasteiger partial charge in [0.25, 0.3) is 0 Å². The van der Waals surface area contributed by atoms with Crippen LogP contribution in [-0.2, 0) is 14.1 Å². The van der Waals surface area contributed by atoms with Gasteiger partial charge in [0.15, 0.2) is 4.77 Å². The standard InChI is InChI=1S/C12H9ClFN3O4S/c1-15-10(20)17(11(21)16(2)12(15)22)8-3-5(9(18)19)6(13)4-7(8)14/h3-4H,1-2H3,(H,18,19). The first-order chi connectivity index (χ1) is 10.2. The van der Waals surface area contributed by atoms with E-state index in [2.05, 4.69) is 0 Å². The highest BCUT2D eigenvalue weighted by Crippen LogP contribution is 2.22. The molecule has 1 heterocycles. The Morgan fingerprint density at radius 3 is 2.18 bits per heavy atom. The molecule has 0 unspecified atom stereocenters. The Morgan fingerprint density at radius 1 is 1.23 bits per heavy atom. The van der Waals surface area contributed by atoms with Crippen molar-refractivity contribution in [2.75, 3.05) is 0 Å². The molecule has 1 aromatic carbocycles. The first-order valence-corrected chi connectivity index (χ1v) is 6.57. The summed E-state index contributed by atoms with van der Waals surface area (Å²) in [5, 5.41) is 8.68. The maximum absolute atomic E-state index is 14.1. The van der Waals surface area contributed by atoms with Crippen LogP contribution in [0.1, 0.15) is 10.4 Å². The van der Waals surface area contributed by atoms with Gasteiger partial charge in [-0.05, 0) is 24.4 Å². The predicted molar refractivity (Wildman–Crippen MR) is 79.0 cm³/mol. The van der Waals surface area contributed by atoms with Crippen molar-refractivity contribution in [2.24, 2.45) is 14.1 Å². The van der Waals surface area contributed by atoms with Crippen LogP contribution < -0.4 is 11.4 Å². The van der Waals surface area contributed by atoms with E-state index in [1.54, 1.807) is 0 Å². The second-order valence-electron chi connectivity index (χ2n) is 4.39. The van der Waals surface area contributed by atoms with E-state index < -0.39 is 34.4 Å². The lowest BCUT2D eigenvalue weighted by molar-refractivity contribution is 0.0697. The number of carboxylic acids is 1. The van der Waals surface area contributed by atoms with Crippen molar-refractivity contribution >= 4 is 29.8 Å². The lowest BCUT2D eigenvalue weighted by Crippen LogP contribution is -2.43. The molecular weight excluding hydrogens is 337 g/mol. The molecule has 0 aliphatic carbocycles. The Balaban J connectivity index is 2.99. The molecule has 116 valence electrons. The summed E-state index contributed by atoms with van der Waals surface area (Å²) >= 11 is 10.5. The van der Waals surface area contributed by atoms with Gasteiger partial charge in [-0.15, -0.1) is 0 Å². The summed E-state index contributed by atoms with van der Waals surface area (Å²) in [5.41, 5.74) is -2.74. The molecule has 0 atom stereocenters. The molecule has 1 N–H and O–H groups in total. The number of hydrogen-bond acceptors (Lipinski definition) is 4. The quantitative estimate of drug-likeness (QED) is 0.824. The van der Waals surface area contributed by atoms with E-state index in [4.69, 9.17) is 28.9 Å². The molecule has 0 bridgehead atoms. The van der Waals surface area contributed by atoms with Gasteiger partial charge in [0.1, 0.15) is 5.82 Å². The molecule has 7 nitrogen and oxygen atoms in total. The average Bonchev–Trinajstić information content (AvgIpc) is 2.45. The minimum atomic E-state index is -1.42. The molecule has 22 heavy (non-hydrogen) atoms. The van der Waals surface area contributed by atoms with Crippen LogP contribution in [0.5, 0.6) is 0 Å². The minimum absolute atomic E-state index is 0.0564. The number of carbonyl (C=O) groups is 1. The van der Waals surface area contributed by atoms with E-state index in [9.17, 15) is 18.8 Å². The van der Waals surface area contributed by atoms with E-state index in [0.717, 1.165) is 21.3 Å². The molecule has 10 heteroatoms. The van der Waals surface area contributed by atoms with Gasteiger partial charge in [-0.25, -0.2) is 23.3 Å². The largest absolute Gasteiger partial charge is 0.478 e. The number of carboxylic acid groups (broad SMARTS) is 1. The van der Waals surface area contributed by atoms with E-state index in [0.29, 0.717) is 4.57 Å². The molecule has 0 aliphatic rings. The van der Waals surface area contributed by atoms with E-state index in [1.165, 1.54) is 14.1 Å². The highest BCUT2D eigenvalue weighted by Gasteiger charge is 2.19. The molecule has 2 rings (SSSR count). The highest BCUT2D eigenvalue weighted by atomic mass is 35.5. The third-order valence-corrected chi connectivity index (χ3v) is 3.90. The fourth-order valence-electron chi connectivity index (χ4n) is 1.85. The minimum Gasteiger partial charge on any atom is -0.478 e. The molecule has 0 saturated carbocycles. The molecule has 0 saturated heterocycles. The summed E-state index contributed by atoms with van der Waals surface area (Å²) in [4.78, 5) is 35.4. The first-order valence-electron chi connectivity index (χ1n) is 5.78. The Bertz CT molecular complexity index is 936. The maximum Gasteiger partial charge on any atom is 0.338 e. The summed E-state index contributed by atoms with van der Waals surface area (Å²) in [6.45, 7) is 0. The van der Waals surface area contributed by atoms with E-state index >= 15 is 0 Å². The zero-order chi connectivity index (χ0) is 16.8. The molecule has 0 radical (unpaired) electrons. The van der Waals surface area contributed by atoms with Crippen LogP contribution in [0.25, 0.3) is 5.69 Å². The molecule has 0 aliphatic heterocycles. The lowest BCUT2D eigenvalue weighted by atomic mass is 10.2. The summed E-state index contributed by atoms with van der Waals surface area (Å²) in [6, 6.07) is 1.56. The van der Waals surface area contributed by atoms with Crippen LogP contribution in [0.15, 0.2) is 21.7 Å². The third-order valence-electron chi connectivity index (χ3n) is 3.04. The number of nitrogens with zero attached hydrogens (tertiary/aromatic N) is 3. The van der Waals surface area contributed by atoms with Crippen molar-refractivity contribution in [3.63, 3.8) is 0 Å². The fourth-order valence-corrected chi connectivity index (χ4v) is 2.24. The van der Waals surface area contributed by atoms with Crippen molar-refractivity contribution in [1.82, 2.24) is 13.7 Å². The molecule has 0 fully saturated rings. The second kappa shape index (κ2) is 5.50. The van der Waals surface area contributed by atoms with Crippen LogP contribution in [0, 0.1) is 10.6 Å². The topological polar surface area (TPSA) is 86.2 Å². The van der Waals surface area contributed by atoms with Crippen LogP contribution in [0.2, 0.25) is 5.02 Å². The van der Waals surface area contributed by atoms with Crippen LogP contribution in [0.4, 0.5) is 4.39 Å². The van der Waals surface area contributed by atoms with Crippen molar-refractivity contribution in [3.05, 3.63) is 54.3 Å². The number of aromatic nitrogens is 3. The van der Waals surface area contributed by atoms with Gasteiger partial charge in [0.2, 0.25) is 0 Å². The Labute approximate surface area is 132 Å². The molecule has 1 aromatic heterocycles. The number of halogens is 2. The van der Waals surface area contributed by atoms with Gasteiger partial charge >= 0.3 is 17.3 Å². The highest BCUT2D eigenvalue weighted by molar-refractivity contribution is 7.71. The van der Waals surface area contributed by atoms with Gasteiger partial charge in [-0.3, -0.25) is 9.13 Å². The Morgan fingerprint density at radius 2 is 1.73 bits per heavy atom. The van der Waals surface area contributed by atoms with E-state index in [1.807, 2.05) is 0 Å². The first kappa shape index (κ1) is 16.1. The second-order valence-corrected chi connectivity index (χ2v) is 5.16. The third kappa shape index (κ3) is 2.38. The van der Waals surface area contributed by atoms with Gasteiger partial charge < -0.3 is 5.11 Å². The SMILES string of the molecule is Cn1c(=S)n(C)c(=O)n(-c2cc(C(=O)O)c(Cl)cc2F)c1=O. The maximum atomic E-state index is 14.1. The van der Waals surface area contributed by atoms with Crippen LogP contribution in [-0.4, -0.2) is 24.8 Å². The molecule has 2 aromatic rings. The molecule has 0 spiro atoms. The summed E-state index contributed by atoms with van der Waals surface area (Å²) < 4.78 is 16.4. The average molecular weight is 346 g/mol. The smallest absolute Gasteiger partial charge is 0.338 e. The monoisotopic (exact) mass is 345 g/mol. The van der Waals surface area contributed by atoms with Gasteiger partial charge in [0, 0.05) is 14.1 Å². The number of rotatable bonds is 2. The zero-order valence-corrected chi connectivity index (χ0v) is 12.9. The van der Waals surface area contributed by atoms with Crippen molar-refractivity contribution in [1.29, 1.82) is 0 Å². The van der Waals surface area contributed by atoms with Crippen molar-refractivity contribution < 1.29 is 14.3 Å². The number of hydrogen-bond donors (Lipinski definition) is 1. The van der Waals surface area contributed by atoms with Gasteiger partial charge in [-0.2, -0.15) is 0 Å². The van der Waals surface area contributed by atoms with Gasteiger partial charge in [-0.1, -0.05) is 11.6 Å². The summed E-state index contributed by atoms with van der Waals surface area (Å²) in [7, 11) is 2.62. The van der Waals surface area contributed by atoms with Crippen molar-refractivity contribution in [3.8, 4) is 5.69 Å². The zero-order valence-electron chi connectivity index (χ0n) is 11.3. The predicted octanol–water partition coefficient (Wildman–Crippen LogP) is 1.09. The van der Waals surface area contributed by atoms with E-state index in [-0.39, 0.29) is 9.79 Å². The van der Waals surface area contributed by atoms with Crippen LogP contribution >= 0.6 is 23.8 Å². The fraction of sp³-hybridized carbons (Fsp3) is 0.167. The number of aromatic carboxylic acids is 1. The molecule has 0 amide bonds.